The molecule has 0 radical (unpaired) electrons. The van der Waals surface area contributed by atoms with Crippen LogP contribution >= 0.6 is 23.2 Å². The van der Waals surface area contributed by atoms with Crippen molar-refractivity contribution in [1.29, 1.82) is 0 Å². The number of anilines is 2. The van der Waals surface area contributed by atoms with Crippen molar-refractivity contribution in [2.45, 2.75) is 36.5 Å². The van der Waals surface area contributed by atoms with Crippen molar-refractivity contribution in [2.75, 3.05) is 82.8 Å². The summed E-state index contributed by atoms with van der Waals surface area (Å²) in [5, 5.41) is 7.86. The summed E-state index contributed by atoms with van der Waals surface area (Å²) in [6.45, 7) is 8.12. The van der Waals surface area contributed by atoms with Crippen LogP contribution in [0, 0.1) is 11.6 Å². The molecule has 0 atom stereocenters. The van der Waals surface area contributed by atoms with E-state index in [9.17, 15) is 13.6 Å². The standard InChI is InChI=1S/C25H29ClFN3O2.C21H22ClFN2/c1-32-16-12-28-24(31)30-18-25(22-17-21(27)8-9-23(22)30)10-14-29(15-11-25)13-2-3-19-4-6-20(26)7-5-19;22-17-5-3-16(4-6-17)2-1-11-25-12-9-21(10-13-25)15-24-20-8-7-18(23)14-19(20)21/h2-9,17H,10-16,18H2,1H3,(H,28,31);1-8,14,24H,9-13,15H2/b3-2+;2-1+. The average molecular weight is 815 g/mol. The molecule has 4 aliphatic rings. The van der Waals surface area contributed by atoms with E-state index in [1.807, 2.05) is 54.6 Å². The topological polar surface area (TPSA) is 60.1 Å². The molecule has 4 heterocycles. The number of hydrogen-bond acceptors (Lipinski definition) is 5. The number of hydrogen-bond donors (Lipinski definition) is 2. The number of carbonyl (C=O) groups is 1. The van der Waals surface area contributed by atoms with Crippen LogP contribution in [0.1, 0.15) is 47.9 Å². The molecule has 11 heteroatoms. The highest BCUT2D eigenvalue weighted by Crippen LogP contribution is 2.47. The summed E-state index contributed by atoms with van der Waals surface area (Å²) in [5.41, 5.74) is 6.25. The van der Waals surface area contributed by atoms with E-state index in [-0.39, 0.29) is 28.5 Å². The number of rotatable bonds is 9. The molecule has 0 aliphatic carbocycles. The molecule has 8 rings (SSSR count). The third kappa shape index (κ3) is 9.90. The van der Waals surface area contributed by atoms with Crippen LogP contribution in [0.3, 0.4) is 0 Å². The Hall–Kier alpha value is -4.25. The first-order valence-corrected chi connectivity index (χ1v) is 20.6. The Morgan fingerprint density at radius 2 is 1.28 bits per heavy atom. The van der Waals surface area contributed by atoms with Gasteiger partial charge in [0.05, 0.1) is 6.61 Å². The van der Waals surface area contributed by atoms with Crippen molar-refractivity contribution in [3.8, 4) is 0 Å². The van der Waals surface area contributed by atoms with Gasteiger partial charge < -0.3 is 15.4 Å². The Kier molecular flexibility index (Phi) is 13.3. The number of ether oxygens (including phenoxy) is 1. The lowest BCUT2D eigenvalue weighted by atomic mass is 9.74. The second-order valence-electron chi connectivity index (χ2n) is 15.6. The van der Waals surface area contributed by atoms with Gasteiger partial charge in [-0.15, -0.1) is 0 Å². The molecule has 2 N–H and O–H groups in total. The number of nitrogens with one attached hydrogen (secondary N) is 2. The number of halogens is 4. The molecular weight excluding hydrogens is 763 g/mol. The van der Waals surface area contributed by atoms with Crippen LogP contribution in [0.5, 0.6) is 0 Å². The fraction of sp³-hybridized carbons (Fsp3) is 0.370. The minimum atomic E-state index is -0.252. The molecular formula is C46H51Cl2F2N5O2. The van der Waals surface area contributed by atoms with Crippen molar-refractivity contribution in [2.24, 2.45) is 0 Å². The van der Waals surface area contributed by atoms with E-state index in [1.165, 1.54) is 17.2 Å². The van der Waals surface area contributed by atoms with Gasteiger partial charge in [0.25, 0.3) is 0 Å². The first-order valence-electron chi connectivity index (χ1n) is 19.8. The molecule has 300 valence electrons. The summed E-state index contributed by atoms with van der Waals surface area (Å²) in [5.74, 6) is -0.381. The normalized spacial score (nSPS) is 18.4. The summed E-state index contributed by atoms with van der Waals surface area (Å²) in [6.07, 6.45) is 12.5. The number of methoxy groups -OCH3 is 1. The quantitative estimate of drug-likeness (QED) is 0.165. The third-order valence-corrected chi connectivity index (χ3v) is 12.5. The molecule has 4 aromatic rings. The maximum absolute atomic E-state index is 14.1. The van der Waals surface area contributed by atoms with Crippen molar-refractivity contribution < 1.29 is 18.3 Å². The van der Waals surface area contributed by atoms with Gasteiger partial charge in [-0.25, -0.2) is 13.6 Å². The zero-order valence-corrected chi connectivity index (χ0v) is 34.0. The number of carbonyl (C=O) groups excluding carboxylic acids is 1. The highest BCUT2D eigenvalue weighted by Gasteiger charge is 2.46. The lowest BCUT2D eigenvalue weighted by molar-refractivity contribution is 0.179. The van der Waals surface area contributed by atoms with Crippen LogP contribution in [0.2, 0.25) is 10.0 Å². The Balaban J connectivity index is 0.000000179. The molecule has 2 spiro atoms. The van der Waals surface area contributed by atoms with E-state index < -0.39 is 0 Å². The predicted molar refractivity (Wildman–Crippen MR) is 230 cm³/mol. The number of benzene rings is 4. The monoisotopic (exact) mass is 813 g/mol. The number of piperidine rings is 2. The zero-order chi connectivity index (χ0) is 39.8. The van der Waals surface area contributed by atoms with Gasteiger partial charge in [-0.05, 0) is 135 Å². The van der Waals surface area contributed by atoms with E-state index in [1.54, 1.807) is 36.3 Å². The number of nitrogens with zero attached hydrogens (tertiary/aromatic N) is 3. The molecule has 7 nitrogen and oxygen atoms in total. The Morgan fingerprint density at radius 1 is 0.754 bits per heavy atom. The van der Waals surface area contributed by atoms with Crippen molar-refractivity contribution >= 4 is 52.8 Å². The molecule has 0 aromatic heterocycles. The van der Waals surface area contributed by atoms with Crippen LogP contribution in [-0.2, 0) is 15.6 Å². The van der Waals surface area contributed by atoms with E-state index in [0.717, 1.165) is 104 Å². The smallest absolute Gasteiger partial charge is 0.321 e. The van der Waals surface area contributed by atoms with Gasteiger partial charge in [0.15, 0.2) is 0 Å². The molecule has 2 amide bonds. The number of likely N-dealkylation sites (tertiary alicyclic amines) is 2. The van der Waals surface area contributed by atoms with Crippen molar-refractivity contribution in [3.63, 3.8) is 0 Å². The Bertz CT molecular complexity index is 2040. The molecule has 4 aliphatic heterocycles. The van der Waals surface area contributed by atoms with Gasteiger partial charge in [-0.1, -0.05) is 71.8 Å². The lowest BCUT2D eigenvalue weighted by Crippen LogP contribution is -2.48. The van der Waals surface area contributed by atoms with E-state index in [0.29, 0.717) is 19.7 Å². The minimum absolute atomic E-state index is 0.105. The molecule has 57 heavy (non-hydrogen) atoms. The van der Waals surface area contributed by atoms with Crippen LogP contribution in [0.4, 0.5) is 25.0 Å². The van der Waals surface area contributed by atoms with E-state index in [2.05, 4.69) is 44.7 Å². The molecule has 2 fully saturated rings. The lowest BCUT2D eigenvalue weighted by Gasteiger charge is -2.39. The van der Waals surface area contributed by atoms with Crippen molar-refractivity contribution in [1.82, 2.24) is 15.1 Å². The highest BCUT2D eigenvalue weighted by molar-refractivity contribution is 6.30. The van der Waals surface area contributed by atoms with Crippen LogP contribution in [0.15, 0.2) is 97.1 Å². The second-order valence-corrected chi connectivity index (χ2v) is 16.5. The largest absolute Gasteiger partial charge is 0.384 e. The fourth-order valence-corrected chi connectivity index (χ4v) is 8.92. The predicted octanol–water partition coefficient (Wildman–Crippen LogP) is 9.65. The Morgan fingerprint density at radius 3 is 1.84 bits per heavy atom. The summed E-state index contributed by atoms with van der Waals surface area (Å²) in [4.78, 5) is 19.4. The van der Waals surface area contributed by atoms with Crippen LogP contribution in [0.25, 0.3) is 12.2 Å². The van der Waals surface area contributed by atoms with Gasteiger partial charge >= 0.3 is 6.03 Å². The summed E-state index contributed by atoms with van der Waals surface area (Å²) in [6, 6.07) is 25.4. The second kappa shape index (κ2) is 18.6. The summed E-state index contributed by atoms with van der Waals surface area (Å²) >= 11 is 11.9. The molecule has 2 saturated heterocycles. The fourth-order valence-electron chi connectivity index (χ4n) is 8.67. The minimum Gasteiger partial charge on any atom is -0.384 e. The first-order chi connectivity index (χ1) is 27.6. The number of fused-ring (bicyclic) bond motifs is 4. The van der Waals surface area contributed by atoms with Gasteiger partial charge in [-0.2, -0.15) is 0 Å². The number of urea groups is 1. The van der Waals surface area contributed by atoms with Gasteiger partial charge in [-0.3, -0.25) is 14.7 Å². The number of amides is 2. The molecule has 4 aromatic carbocycles. The molecule has 0 unspecified atom stereocenters. The summed E-state index contributed by atoms with van der Waals surface area (Å²) < 4.78 is 32.8. The maximum Gasteiger partial charge on any atom is 0.321 e. The Labute approximate surface area is 345 Å². The van der Waals surface area contributed by atoms with Gasteiger partial charge in [0, 0.05) is 72.1 Å². The van der Waals surface area contributed by atoms with Gasteiger partial charge in [0.1, 0.15) is 11.6 Å². The van der Waals surface area contributed by atoms with E-state index in [4.69, 9.17) is 27.9 Å². The zero-order valence-electron chi connectivity index (χ0n) is 32.5. The third-order valence-electron chi connectivity index (χ3n) is 12.0. The maximum atomic E-state index is 14.1. The van der Waals surface area contributed by atoms with Gasteiger partial charge in [0.2, 0.25) is 0 Å². The summed E-state index contributed by atoms with van der Waals surface area (Å²) in [7, 11) is 1.60. The van der Waals surface area contributed by atoms with Crippen molar-refractivity contribution in [3.05, 3.63) is 141 Å². The van der Waals surface area contributed by atoms with Crippen LogP contribution < -0.4 is 15.5 Å². The first kappa shape index (κ1) is 40.9. The molecule has 0 saturated carbocycles. The highest BCUT2D eigenvalue weighted by atomic mass is 35.5. The molecule has 0 bridgehead atoms. The average Bonchev–Trinajstić information content (AvgIpc) is 3.72. The van der Waals surface area contributed by atoms with E-state index >= 15 is 0 Å². The SMILES string of the molecule is COCCNC(=O)N1CC2(CCN(C/C=C/c3ccc(Cl)cc3)CC2)c2cc(F)ccc21.Fc1ccc2c(c1)C1(CCN(C/C=C/c3ccc(Cl)cc3)CC1)CN2. The van der Waals surface area contributed by atoms with Crippen LogP contribution in [-0.4, -0.2) is 88.5 Å².